The van der Waals surface area contributed by atoms with Gasteiger partial charge < -0.3 is 24.9 Å². The molecule has 0 radical (unpaired) electrons. The fraction of sp³-hybridized carbons (Fsp3) is 0.321. The number of benzene rings is 2. The average Bonchev–Trinajstić information content (AvgIpc) is 3.22. The van der Waals surface area contributed by atoms with Gasteiger partial charge in [-0.15, -0.1) is 0 Å². The molecule has 2 amide bonds. The summed E-state index contributed by atoms with van der Waals surface area (Å²) in [7, 11) is 0. The summed E-state index contributed by atoms with van der Waals surface area (Å²) in [6.45, 7) is 3.17. The molecule has 3 aromatic rings. The summed E-state index contributed by atoms with van der Waals surface area (Å²) in [6, 6.07) is 5.08. The second-order valence-corrected chi connectivity index (χ2v) is 10.1. The highest BCUT2D eigenvalue weighted by Crippen LogP contribution is 2.33. The number of anilines is 1. The first kappa shape index (κ1) is 30.3. The topological polar surface area (TPSA) is 145 Å². The van der Waals surface area contributed by atoms with Crippen LogP contribution >= 0.6 is 0 Å². The lowest BCUT2D eigenvalue weighted by atomic mass is 9.84. The van der Waals surface area contributed by atoms with Gasteiger partial charge in [0.2, 0.25) is 11.0 Å². The lowest BCUT2D eigenvalue weighted by Crippen LogP contribution is -2.53. The molecule has 1 aliphatic rings. The summed E-state index contributed by atoms with van der Waals surface area (Å²) >= 11 is 0. The van der Waals surface area contributed by atoms with Crippen LogP contribution in [-0.2, 0) is 16.0 Å². The van der Waals surface area contributed by atoms with E-state index in [0.717, 1.165) is 35.4 Å². The van der Waals surface area contributed by atoms with Gasteiger partial charge in [-0.25, -0.2) is 17.6 Å². The predicted octanol–water partition coefficient (Wildman–Crippen LogP) is 4.04. The van der Waals surface area contributed by atoms with Crippen molar-refractivity contribution >= 4 is 17.7 Å². The monoisotopic (exact) mass is 586 g/mol. The molecule has 0 spiro atoms. The number of hydrogen-bond donors (Lipinski definition) is 2. The molecule has 10 nitrogen and oxygen atoms in total. The van der Waals surface area contributed by atoms with Gasteiger partial charge >= 0.3 is 0 Å². The summed E-state index contributed by atoms with van der Waals surface area (Å²) in [4.78, 5) is 33.1. The van der Waals surface area contributed by atoms with Crippen molar-refractivity contribution in [1.29, 1.82) is 5.53 Å². The molecule has 42 heavy (non-hydrogen) atoms. The molecule has 2 heterocycles. The molecule has 3 atom stereocenters. The largest absolute Gasteiger partial charge is 0.530 e. The molecular formula is C28H26F4N6O4. The van der Waals surface area contributed by atoms with Crippen LogP contribution in [0.4, 0.5) is 28.0 Å². The first-order chi connectivity index (χ1) is 19.9. The Morgan fingerprint density at radius 3 is 2.40 bits per heavy atom. The van der Waals surface area contributed by atoms with Gasteiger partial charge in [0.15, 0.2) is 0 Å². The Balaban J connectivity index is 1.66. The van der Waals surface area contributed by atoms with E-state index in [1.807, 2.05) is 0 Å². The second-order valence-electron chi connectivity index (χ2n) is 10.1. The summed E-state index contributed by atoms with van der Waals surface area (Å²) in [6.07, 6.45) is 0.715. The van der Waals surface area contributed by atoms with Crippen molar-refractivity contribution in [2.45, 2.75) is 50.4 Å². The molecule has 220 valence electrons. The summed E-state index contributed by atoms with van der Waals surface area (Å²) < 4.78 is 62.6. The number of amides is 2. The third-order valence-corrected chi connectivity index (χ3v) is 7.00. The quantitative estimate of drug-likeness (QED) is 0.221. The van der Waals surface area contributed by atoms with Crippen LogP contribution in [0.2, 0.25) is 0 Å². The van der Waals surface area contributed by atoms with Crippen molar-refractivity contribution < 1.29 is 37.0 Å². The molecule has 1 aromatic heterocycles. The Bertz CT molecular complexity index is 1510. The predicted molar refractivity (Wildman–Crippen MR) is 138 cm³/mol. The third-order valence-electron chi connectivity index (χ3n) is 7.00. The SMILES string of the molecule is CC1(C)OCC(CCc2c(F)cncc2NC(=O)[C@@H](N=[N+]=N)[C@@H](c2ccc(F)cc2)c2cc(F)cc(F)c2)N1C(=O)[O-]. The fourth-order valence-corrected chi connectivity index (χ4v) is 5.12. The van der Waals surface area contributed by atoms with Crippen molar-refractivity contribution in [3.8, 4) is 0 Å². The van der Waals surface area contributed by atoms with Crippen molar-refractivity contribution in [1.82, 2.24) is 14.8 Å². The molecule has 4 rings (SSSR count). The van der Waals surface area contributed by atoms with Crippen LogP contribution in [-0.4, -0.2) is 46.3 Å². The Hall–Kier alpha value is -4.68. The summed E-state index contributed by atoms with van der Waals surface area (Å²) in [5, 5.41) is 17.9. The number of halogens is 4. The fourth-order valence-electron chi connectivity index (χ4n) is 5.12. The Morgan fingerprint density at radius 1 is 1.12 bits per heavy atom. The second kappa shape index (κ2) is 12.5. The lowest BCUT2D eigenvalue weighted by Gasteiger charge is -2.35. The Labute approximate surface area is 237 Å². The molecular weight excluding hydrogens is 560 g/mol. The molecule has 1 unspecified atom stereocenters. The van der Waals surface area contributed by atoms with E-state index in [-0.39, 0.29) is 41.8 Å². The van der Waals surface area contributed by atoms with Gasteiger partial charge in [-0.1, -0.05) is 12.1 Å². The van der Waals surface area contributed by atoms with Crippen molar-refractivity contribution in [2.24, 2.45) is 5.11 Å². The van der Waals surface area contributed by atoms with E-state index in [9.17, 15) is 32.3 Å². The highest BCUT2D eigenvalue weighted by atomic mass is 19.1. The van der Waals surface area contributed by atoms with Crippen LogP contribution in [0, 0.1) is 28.8 Å². The minimum atomic E-state index is -1.61. The highest BCUT2D eigenvalue weighted by molar-refractivity contribution is 5.96. The number of carbonyl (C=O) groups excluding carboxylic acids is 2. The van der Waals surface area contributed by atoms with Gasteiger partial charge in [-0.05, 0) is 62.1 Å². The molecule has 0 bridgehead atoms. The maximum atomic E-state index is 15.0. The maximum Gasteiger partial charge on any atom is 0.257 e. The lowest BCUT2D eigenvalue weighted by molar-refractivity contribution is -0.276. The van der Waals surface area contributed by atoms with Crippen molar-refractivity contribution in [3.05, 3.63) is 94.8 Å². The number of carboxylic acid groups (broad SMARTS) is 1. The van der Waals surface area contributed by atoms with E-state index in [4.69, 9.17) is 10.3 Å². The summed E-state index contributed by atoms with van der Waals surface area (Å²) in [5.74, 6) is -5.44. The average molecular weight is 587 g/mol. The number of carbonyl (C=O) groups is 2. The van der Waals surface area contributed by atoms with Gasteiger partial charge in [0.25, 0.3) is 5.91 Å². The smallest absolute Gasteiger partial charge is 0.257 e. The van der Waals surface area contributed by atoms with E-state index in [2.05, 4.69) is 20.3 Å². The van der Waals surface area contributed by atoms with Crippen molar-refractivity contribution in [3.63, 3.8) is 0 Å². The molecule has 0 saturated carbocycles. The van der Waals surface area contributed by atoms with E-state index in [0.29, 0.717) is 6.07 Å². The Kier molecular flexibility index (Phi) is 8.98. The van der Waals surface area contributed by atoms with E-state index in [1.54, 1.807) is 13.8 Å². The van der Waals surface area contributed by atoms with Gasteiger partial charge in [-0.2, -0.15) is 0 Å². The van der Waals surface area contributed by atoms with E-state index in [1.165, 1.54) is 18.3 Å². The summed E-state index contributed by atoms with van der Waals surface area (Å²) in [5.41, 5.74) is 6.26. The molecule has 2 aromatic carbocycles. The molecule has 1 saturated heterocycles. The first-order valence-electron chi connectivity index (χ1n) is 12.8. The van der Waals surface area contributed by atoms with Crippen LogP contribution in [0.25, 0.3) is 0 Å². The zero-order valence-corrected chi connectivity index (χ0v) is 22.5. The molecule has 1 fully saturated rings. The number of ether oxygens (including phenoxy) is 1. The Morgan fingerprint density at radius 2 is 1.79 bits per heavy atom. The number of aromatic nitrogens is 1. The number of pyridine rings is 1. The van der Waals surface area contributed by atoms with Gasteiger partial charge in [-0.3, -0.25) is 9.78 Å². The van der Waals surface area contributed by atoms with Crippen LogP contribution in [0.3, 0.4) is 0 Å². The standard InChI is InChI=1S/C28H26F4N6O4/c1-28(2)38(27(40)41)20(14-42-28)7-8-21-22(32)12-34-13-23(21)35-26(39)25(36-37-33)24(15-3-5-17(29)6-4-15)16-9-18(30)11-19(31)10-16/h3-6,9-13,20,24-25,33H,7-8,14H2,1-2H3,(H-,35,39,40,41)/t20?,24-,25-/m0/s1. The maximum absolute atomic E-state index is 15.0. The minimum absolute atomic E-state index is 0.00181. The van der Waals surface area contributed by atoms with E-state index < -0.39 is 59.0 Å². The van der Waals surface area contributed by atoms with Crippen LogP contribution in [0.15, 0.2) is 60.0 Å². The third kappa shape index (κ3) is 6.61. The molecule has 14 heteroatoms. The zero-order chi connectivity index (χ0) is 30.6. The number of hydrogen-bond acceptors (Lipinski definition) is 7. The van der Waals surface area contributed by atoms with Gasteiger partial charge in [0, 0.05) is 17.5 Å². The van der Waals surface area contributed by atoms with Crippen LogP contribution < -0.4 is 15.3 Å². The van der Waals surface area contributed by atoms with Crippen molar-refractivity contribution in [2.75, 3.05) is 11.9 Å². The molecule has 0 aliphatic carbocycles. The van der Waals surface area contributed by atoms with Gasteiger partial charge in [0.1, 0.15) is 45.7 Å². The van der Waals surface area contributed by atoms with Crippen LogP contribution in [0.1, 0.15) is 42.9 Å². The van der Waals surface area contributed by atoms with E-state index >= 15 is 0 Å². The number of nitrogens with one attached hydrogen (secondary N) is 2. The van der Waals surface area contributed by atoms with Crippen LogP contribution in [0.5, 0.6) is 0 Å². The zero-order valence-electron chi connectivity index (χ0n) is 22.5. The normalized spacial score (nSPS) is 17.3. The number of nitrogens with zero attached hydrogens (tertiary/aromatic N) is 4. The highest BCUT2D eigenvalue weighted by Gasteiger charge is 2.41. The molecule has 1 aliphatic heterocycles. The number of rotatable bonds is 9. The van der Waals surface area contributed by atoms with Gasteiger partial charge in [0.05, 0.1) is 30.7 Å². The molecule has 2 N–H and O–H groups in total. The first-order valence-corrected chi connectivity index (χ1v) is 12.8. The minimum Gasteiger partial charge on any atom is -0.530 e.